The van der Waals surface area contributed by atoms with E-state index in [1.54, 1.807) is 24.3 Å². The van der Waals surface area contributed by atoms with Crippen molar-refractivity contribution in [1.29, 1.82) is 0 Å². The van der Waals surface area contributed by atoms with Gasteiger partial charge in [0.05, 0.1) is 6.54 Å². The van der Waals surface area contributed by atoms with Crippen LogP contribution in [0.25, 0.3) is 22.1 Å². The van der Waals surface area contributed by atoms with E-state index in [2.05, 4.69) is 0 Å². The van der Waals surface area contributed by atoms with Crippen LogP contribution < -0.4 is 5.73 Å². The molecule has 0 saturated heterocycles. The van der Waals surface area contributed by atoms with Gasteiger partial charge in [-0.15, -0.1) is 0 Å². The van der Waals surface area contributed by atoms with Crippen molar-refractivity contribution in [2.75, 3.05) is 0 Å². The first-order valence-electron chi connectivity index (χ1n) is 5.96. The van der Waals surface area contributed by atoms with Crippen molar-refractivity contribution < 1.29 is 8.81 Å². The van der Waals surface area contributed by atoms with Crippen molar-refractivity contribution in [3.63, 3.8) is 0 Å². The number of furan rings is 1. The first-order chi connectivity index (χ1) is 9.58. The molecule has 1 heterocycles. The normalized spacial score (nSPS) is 11.2. The topological polar surface area (TPSA) is 39.2 Å². The molecule has 0 aliphatic carbocycles. The van der Waals surface area contributed by atoms with Gasteiger partial charge in [-0.05, 0) is 36.4 Å². The van der Waals surface area contributed by atoms with Crippen LogP contribution in [0.4, 0.5) is 4.39 Å². The Balaban J connectivity index is 2.34. The number of nitrogens with two attached hydrogens (primary N) is 1. The Labute approximate surface area is 124 Å². The number of rotatable bonds is 2. The lowest BCUT2D eigenvalue weighted by molar-refractivity contribution is 0.552. The molecule has 0 bridgehead atoms. The number of hydrogen-bond acceptors (Lipinski definition) is 2. The molecule has 0 aliphatic heterocycles. The van der Waals surface area contributed by atoms with E-state index in [1.807, 2.05) is 0 Å². The van der Waals surface area contributed by atoms with Crippen LogP contribution >= 0.6 is 23.2 Å². The SMILES string of the molecule is NCc1cc2cc(F)cc(-c3cc(Cl)ccc3Cl)c2o1. The molecule has 5 heteroatoms. The zero-order valence-electron chi connectivity index (χ0n) is 10.3. The Morgan fingerprint density at radius 1 is 1.05 bits per heavy atom. The molecule has 20 heavy (non-hydrogen) atoms. The van der Waals surface area contributed by atoms with Gasteiger partial charge in [0.25, 0.3) is 0 Å². The van der Waals surface area contributed by atoms with Crippen molar-refractivity contribution in [3.05, 3.63) is 58.0 Å². The highest BCUT2D eigenvalue weighted by atomic mass is 35.5. The van der Waals surface area contributed by atoms with Crippen LogP contribution in [-0.4, -0.2) is 0 Å². The summed E-state index contributed by atoms with van der Waals surface area (Å²) < 4.78 is 19.4. The van der Waals surface area contributed by atoms with Gasteiger partial charge < -0.3 is 10.2 Å². The second kappa shape index (κ2) is 5.09. The van der Waals surface area contributed by atoms with Crippen molar-refractivity contribution in [2.45, 2.75) is 6.54 Å². The fourth-order valence-electron chi connectivity index (χ4n) is 2.17. The predicted octanol–water partition coefficient (Wildman–Crippen LogP) is 5.00. The van der Waals surface area contributed by atoms with Crippen molar-refractivity contribution in [1.82, 2.24) is 0 Å². The smallest absolute Gasteiger partial charge is 0.142 e. The minimum atomic E-state index is -0.368. The number of benzene rings is 2. The van der Waals surface area contributed by atoms with Crippen LogP contribution in [0.5, 0.6) is 0 Å². The molecule has 2 aromatic carbocycles. The number of fused-ring (bicyclic) bond motifs is 1. The number of halogens is 3. The second-order valence-electron chi connectivity index (χ2n) is 4.41. The monoisotopic (exact) mass is 309 g/mol. The Morgan fingerprint density at radius 2 is 1.85 bits per heavy atom. The molecule has 0 saturated carbocycles. The summed E-state index contributed by atoms with van der Waals surface area (Å²) in [6.07, 6.45) is 0. The lowest BCUT2D eigenvalue weighted by Crippen LogP contribution is -1.92. The summed E-state index contributed by atoms with van der Waals surface area (Å²) in [5, 5.41) is 1.65. The quantitative estimate of drug-likeness (QED) is 0.723. The molecule has 0 spiro atoms. The van der Waals surface area contributed by atoms with E-state index in [9.17, 15) is 4.39 Å². The largest absolute Gasteiger partial charge is 0.459 e. The van der Waals surface area contributed by atoms with E-state index in [-0.39, 0.29) is 12.4 Å². The molecule has 3 rings (SSSR count). The van der Waals surface area contributed by atoms with Gasteiger partial charge in [-0.2, -0.15) is 0 Å². The standard InChI is InChI=1S/C15H10Cl2FNO/c16-9-1-2-14(17)12(5-9)13-6-10(18)3-8-4-11(7-19)20-15(8)13/h1-6H,7,19H2. The Bertz CT molecular complexity index is 798. The summed E-state index contributed by atoms with van der Waals surface area (Å²) >= 11 is 12.2. The van der Waals surface area contributed by atoms with Crippen molar-refractivity contribution in [3.8, 4) is 11.1 Å². The molecule has 1 aromatic heterocycles. The van der Waals surface area contributed by atoms with Gasteiger partial charge >= 0.3 is 0 Å². The summed E-state index contributed by atoms with van der Waals surface area (Å²) in [5.41, 5.74) is 7.30. The van der Waals surface area contributed by atoms with Gasteiger partial charge in [0.2, 0.25) is 0 Å². The molecule has 0 unspecified atom stereocenters. The highest BCUT2D eigenvalue weighted by Crippen LogP contribution is 2.37. The minimum Gasteiger partial charge on any atom is -0.459 e. The van der Waals surface area contributed by atoms with Gasteiger partial charge in [-0.25, -0.2) is 4.39 Å². The fraction of sp³-hybridized carbons (Fsp3) is 0.0667. The molecule has 102 valence electrons. The molecule has 2 N–H and O–H groups in total. The van der Waals surface area contributed by atoms with Crippen LogP contribution in [0.1, 0.15) is 5.76 Å². The molecule has 3 aromatic rings. The zero-order chi connectivity index (χ0) is 14.3. The highest BCUT2D eigenvalue weighted by molar-refractivity contribution is 6.35. The lowest BCUT2D eigenvalue weighted by Gasteiger charge is -2.06. The summed E-state index contributed by atoms with van der Waals surface area (Å²) in [7, 11) is 0. The van der Waals surface area contributed by atoms with Gasteiger partial charge in [-0.1, -0.05) is 23.2 Å². The lowest BCUT2D eigenvalue weighted by atomic mass is 10.0. The molecule has 0 radical (unpaired) electrons. The molecule has 0 atom stereocenters. The van der Waals surface area contributed by atoms with Crippen molar-refractivity contribution in [2.24, 2.45) is 5.73 Å². The number of hydrogen-bond donors (Lipinski definition) is 1. The minimum absolute atomic E-state index is 0.249. The Kier molecular flexibility index (Phi) is 3.42. The fourth-order valence-corrected chi connectivity index (χ4v) is 2.57. The highest BCUT2D eigenvalue weighted by Gasteiger charge is 2.14. The Morgan fingerprint density at radius 3 is 2.60 bits per heavy atom. The second-order valence-corrected chi connectivity index (χ2v) is 5.26. The summed E-state index contributed by atoms with van der Waals surface area (Å²) in [4.78, 5) is 0. The maximum Gasteiger partial charge on any atom is 0.142 e. The van der Waals surface area contributed by atoms with E-state index >= 15 is 0 Å². The van der Waals surface area contributed by atoms with Gasteiger partial charge in [-0.3, -0.25) is 0 Å². The Hall–Kier alpha value is -1.55. The zero-order valence-corrected chi connectivity index (χ0v) is 11.8. The van der Waals surface area contributed by atoms with Crippen molar-refractivity contribution >= 4 is 34.2 Å². The molecule has 0 fully saturated rings. The molecule has 0 amide bonds. The first-order valence-corrected chi connectivity index (χ1v) is 6.71. The van der Waals surface area contributed by atoms with E-state index in [1.165, 1.54) is 12.1 Å². The summed E-state index contributed by atoms with van der Waals surface area (Å²) in [6, 6.07) is 9.53. The van der Waals surface area contributed by atoms with Crippen LogP contribution in [0.15, 0.2) is 40.8 Å². The molecular weight excluding hydrogens is 300 g/mol. The first kappa shape index (κ1) is 13.4. The van der Waals surface area contributed by atoms with E-state index in [4.69, 9.17) is 33.4 Å². The average molecular weight is 310 g/mol. The maximum absolute atomic E-state index is 13.8. The molecular formula is C15H10Cl2FNO. The van der Waals surface area contributed by atoms with Crippen LogP contribution in [0.2, 0.25) is 10.0 Å². The van der Waals surface area contributed by atoms with Gasteiger partial charge in [0, 0.05) is 26.6 Å². The van der Waals surface area contributed by atoms with E-state index < -0.39 is 0 Å². The average Bonchev–Trinajstić information content (AvgIpc) is 2.83. The van der Waals surface area contributed by atoms with E-state index in [0.717, 1.165) is 0 Å². The van der Waals surface area contributed by atoms with Gasteiger partial charge in [0.1, 0.15) is 17.2 Å². The summed E-state index contributed by atoms with van der Waals surface area (Å²) in [6.45, 7) is 0.249. The predicted molar refractivity (Wildman–Crippen MR) is 79.5 cm³/mol. The van der Waals surface area contributed by atoms with E-state index in [0.29, 0.717) is 37.9 Å². The van der Waals surface area contributed by atoms with Crippen LogP contribution in [0, 0.1) is 5.82 Å². The third kappa shape index (κ3) is 2.29. The molecule has 0 aliphatic rings. The van der Waals surface area contributed by atoms with Crippen LogP contribution in [0.3, 0.4) is 0 Å². The maximum atomic E-state index is 13.8. The van der Waals surface area contributed by atoms with Gasteiger partial charge in [0.15, 0.2) is 0 Å². The van der Waals surface area contributed by atoms with Crippen LogP contribution in [-0.2, 0) is 6.54 Å². The molecule has 2 nitrogen and oxygen atoms in total. The third-order valence-corrected chi connectivity index (χ3v) is 3.62. The third-order valence-electron chi connectivity index (χ3n) is 3.05. The summed E-state index contributed by atoms with van der Waals surface area (Å²) in [5.74, 6) is 0.220.